The molecule has 0 radical (unpaired) electrons. The van der Waals surface area contributed by atoms with Crippen molar-refractivity contribution in [2.75, 3.05) is 13.2 Å². The molecule has 0 fully saturated rings. The van der Waals surface area contributed by atoms with Gasteiger partial charge in [0.2, 0.25) is 0 Å². The molecule has 69 heavy (non-hydrogen) atoms. The highest BCUT2D eigenvalue weighted by atomic mass is 16.6. The number of carbonyl (C=O) groups excluding carboxylic acids is 3. The van der Waals surface area contributed by atoms with E-state index in [1.807, 2.05) is 0 Å². The van der Waals surface area contributed by atoms with Gasteiger partial charge in [0.15, 0.2) is 6.10 Å². The predicted molar refractivity (Wildman–Crippen MR) is 298 cm³/mol. The van der Waals surface area contributed by atoms with Crippen molar-refractivity contribution in [1.29, 1.82) is 0 Å². The van der Waals surface area contributed by atoms with Crippen LogP contribution in [0.2, 0.25) is 0 Å². The van der Waals surface area contributed by atoms with Crippen molar-refractivity contribution in [3.63, 3.8) is 0 Å². The normalized spacial score (nSPS) is 12.1. The van der Waals surface area contributed by atoms with Gasteiger partial charge in [-0.3, -0.25) is 14.4 Å². The maximum atomic E-state index is 12.9. The summed E-state index contributed by atoms with van der Waals surface area (Å²) in [6.45, 7) is 6.68. The minimum atomic E-state index is -0.772. The van der Waals surface area contributed by atoms with Crippen molar-refractivity contribution in [1.82, 2.24) is 0 Å². The van der Waals surface area contributed by atoms with Gasteiger partial charge in [0.25, 0.3) is 0 Å². The lowest BCUT2D eigenvalue weighted by Gasteiger charge is -2.18. The number of hydrogen-bond acceptors (Lipinski definition) is 6. The number of esters is 3. The van der Waals surface area contributed by atoms with Crippen molar-refractivity contribution in [2.45, 2.75) is 348 Å². The number of hydrogen-bond donors (Lipinski definition) is 0. The third-order valence-corrected chi connectivity index (χ3v) is 13.9. The lowest BCUT2D eigenvalue weighted by molar-refractivity contribution is -0.167. The number of allylic oxidation sites excluding steroid dienone is 4. The molecule has 0 heterocycles. The first-order chi connectivity index (χ1) is 34.0. The minimum Gasteiger partial charge on any atom is -0.462 e. The summed E-state index contributed by atoms with van der Waals surface area (Å²) in [7, 11) is 0. The van der Waals surface area contributed by atoms with Crippen LogP contribution in [0.15, 0.2) is 24.3 Å². The van der Waals surface area contributed by atoms with Gasteiger partial charge in [-0.05, 0) is 70.6 Å². The molecule has 0 amide bonds. The molecule has 0 saturated carbocycles. The molecule has 0 aliphatic rings. The Morgan fingerprint density at radius 1 is 0.275 bits per heavy atom. The van der Waals surface area contributed by atoms with Gasteiger partial charge >= 0.3 is 17.9 Å². The SMILES string of the molecule is CCCCCCCCC=CCCCCCCCCCC(=O)OCC(COC(=O)CCCCCCCCCCCCCCCCCCC)OC(=O)CCCCCCCCCC=CCCCCCCCC. The first kappa shape index (κ1) is 66.9. The van der Waals surface area contributed by atoms with Crippen LogP contribution in [0, 0.1) is 0 Å². The molecule has 6 heteroatoms. The Bertz CT molecular complexity index is 1110. The van der Waals surface area contributed by atoms with Gasteiger partial charge in [-0.1, -0.05) is 276 Å². The number of carbonyl (C=O) groups is 3. The standard InChI is InChI=1S/C63H118O6/c1-4-7-10-13-16-19-22-25-28-31-34-37-40-43-46-49-52-55-61(64)67-58-60(69-63(66)57-54-51-48-45-42-39-36-33-30-27-24-21-18-15-12-9-6-3)59-68-62(65)56-53-50-47-44-41-38-35-32-29-26-23-20-17-14-11-8-5-2/h25,27-28,30,60H,4-24,26,29,31-59H2,1-3H3. The summed E-state index contributed by atoms with van der Waals surface area (Å²) < 4.78 is 16.9. The lowest BCUT2D eigenvalue weighted by atomic mass is 10.0. The van der Waals surface area contributed by atoms with Crippen LogP contribution < -0.4 is 0 Å². The average molecular weight is 972 g/mol. The second-order valence-corrected chi connectivity index (χ2v) is 21.0. The Kier molecular flexibility index (Phi) is 56.7. The van der Waals surface area contributed by atoms with Crippen LogP contribution in [0.4, 0.5) is 0 Å². The van der Waals surface area contributed by atoms with E-state index >= 15 is 0 Å². The molecule has 0 saturated heterocycles. The Morgan fingerprint density at radius 3 is 0.725 bits per heavy atom. The molecule has 0 N–H and O–H groups in total. The van der Waals surface area contributed by atoms with Gasteiger partial charge in [0.05, 0.1) is 0 Å². The Labute approximate surface area is 430 Å². The summed E-state index contributed by atoms with van der Waals surface area (Å²) in [6, 6.07) is 0. The number of unbranched alkanes of at least 4 members (excludes halogenated alkanes) is 42. The van der Waals surface area contributed by atoms with E-state index in [2.05, 4.69) is 45.1 Å². The second-order valence-electron chi connectivity index (χ2n) is 21.0. The fourth-order valence-electron chi connectivity index (χ4n) is 9.26. The highest BCUT2D eigenvalue weighted by Gasteiger charge is 2.19. The fourth-order valence-corrected chi connectivity index (χ4v) is 9.26. The molecule has 0 aliphatic heterocycles. The third kappa shape index (κ3) is 56.7. The van der Waals surface area contributed by atoms with E-state index < -0.39 is 6.10 Å². The summed E-state index contributed by atoms with van der Waals surface area (Å²) in [5, 5.41) is 0. The van der Waals surface area contributed by atoms with Crippen LogP contribution in [0.3, 0.4) is 0 Å². The van der Waals surface area contributed by atoms with Crippen molar-refractivity contribution in [3.8, 4) is 0 Å². The molecule has 0 aromatic carbocycles. The molecule has 0 aliphatic carbocycles. The molecule has 1 atom stereocenters. The molecule has 1 unspecified atom stereocenters. The molecular formula is C63H118O6. The van der Waals surface area contributed by atoms with E-state index in [0.29, 0.717) is 19.3 Å². The summed E-state index contributed by atoms with van der Waals surface area (Å²) in [5.74, 6) is -0.854. The van der Waals surface area contributed by atoms with Gasteiger partial charge in [-0.25, -0.2) is 0 Å². The smallest absolute Gasteiger partial charge is 0.306 e. The first-order valence-corrected chi connectivity index (χ1v) is 30.8. The molecule has 0 bridgehead atoms. The maximum absolute atomic E-state index is 12.9. The summed E-state index contributed by atoms with van der Waals surface area (Å²) in [5.41, 5.74) is 0. The van der Waals surface area contributed by atoms with Crippen LogP contribution >= 0.6 is 0 Å². The summed E-state index contributed by atoms with van der Waals surface area (Å²) >= 11 is 0. The highest BCUT2D eigenvalue weighted by molar-refractivity contribution is 5.71. The van der Waals surface area contributed by atoms with Crippen LogP contribution in [0.1, 0.15) is 342 Å². The molecular weight excluding hydrogens is 853 g/mol. The zero-order valence-electron chi connectivity index (χ0n) is 46.6. The van der Waals surface area contributed by atoms with E-state index in [1.54, 1.807) is 0 Å². The largest absolute Gasteiger partial charge is 0.462 e. The molecule has 406 valence electrons. The van der Waals surface area contributed by atoms with Gasteiger partial charge in [0.1, 0.15) is 13.2 Å². The molecule has 0 aromatic rings. The Balaban J connectivity index is 4.34. The predicted octanol–water partition coefficient (Wildman–Crippen LogP) is 20.7. The average Bonchev–Trinajstić information content (AvgIpc) is 3.35. The van der Waals surface area contributed by atoms with Gasteiger partial charge in [-0.2, -0.15) is 0 Å². The molecule has 0 spiro atoms. The van der Waals surface area contributed by atoms with E-state index in [4.69, 9.17) is 14.2 Å². The molecule has 0 aromatic heterocycles. The third-order valence-electron chi connectivity index (χ3n) is 13.9. The lowest BCUT2D eigenvalue weighted by Crippen LogP contribution is -2.30. The zero-order chi connectivity index (χ0) is 50.0. The van der Waals surface area contributed by atoms with Gasteiger partial charge in [-0.15, -0.1) is 0 Å². The highest BCUT2D eigenvalue weighted by Crippen LogP contribution is 2.17. The monoisotopic (exact) mass is 971 g/mol. The second kappa shape index (κ2) is 58.5. The van der Waals surface area contributed by atoms with E-state index in [1.165, 1.54) is 244 Å². The quantitative estimate of drug-likeness (QED) is 0.0261. The Morgan fingerprint density at radius 2 is 0.478 bits per heavy atom. The van der Waals surface area contributed by atoms with Crippen LogP contribution in [-0.2, 0) is 28.6 Å². The number of rotatable bonds is 57. The van der Waals surface area contributed by atoms with Gasteiger partial charge in [0, 0.05) is 19.3 Å². The summed E-state index contributed by atoms with van der Waals surface area (Å²) in [6.07, 6.45) is 68.8. The topological polar surface area (TPSA) is 78.9 Å². The molecule has 0 rings (SSSR count). The summed E-state index contributed by atoms with van der Waals surface area (Å²) in [4.78, 5) is 38.2. The minimum absolute atomic E-state index is 0.0695. The maximum Gasteiger partial charge on any atom is 0.306 e. The van der Waals surface area contributed by atoms with E-state index in [9.17, 15) is 14.4 Å². The van der Waals surface area contributed by atoms with Crippen LogP contribution in [0.5, 0.6) is 0 Å². The van der Waals surface area contributed by atoms with Crippen LogP contribution in [-0.4, -0.2) is 37.2 Å². The number of ether oxygens (including phenoxy) is 3. The zero-order valence-corrected chi connectivity index (χ0v) is 46.6. The van der Waals surface area contributed by atoms with Crippen molar-refractivity contribution >= 4 is 17.9 Å². The fraction of sp³-hybridized carbons (Fsp3) is 0.889. The van der Waals surface area contributed by atoms with Crippen LogP contribution in [0.25, 0.3) is 0 Å². The molecule has 6 nitrogen and oxygen atoms in total. The van der Waals surface area contributed by atoms with Crippen molar-refractivity contribution in [3.05, 3.63) is 24.3 Å². The first-order valence-electron chi connectivity index (χ1n) is 30.8. The Hall–Kier alpha value is -2.11. The van der Waals surface area contributed by atoms with Crippen molar-refractivity contribution < 1.29 is 28.6 Å². The van der Waals surface area contributed by atoms with Gasteiger partial charge < -0.3 is 14.2 Å². The van der Waals surface area contributed by atoms with Crippen molar-refractivity contribution in [2.24, 2.45) is 0 Å². The van der Waals surface area contributed by atoms with E-state index in [0.717, 1.165) is 57.8 Å². The van der Waals surface area contributed by atoms with E-state index in [-0.39, 0.29) is 31.1 Å².